The maximum Gasteiger partial charge on any atom is 0.266 e. The summed E-state index contributed by atoms with van der Waals surface area (Å²) in [5.74, 6) is 0.235. The van der Waals surface area contributed by atoms with Crippen LogP contribution in [0.3, 0.4) is 0 Å². The molecule has 0 atom stereocenters. The number of hydrogen-bond acceptors (Lipinski definition) is 10. The first-order valence-corrected chi connectivity index (χ1v) is 15.7. The van der Waals surface area contributed by atoms with Crippen molar-refractivity contribution in [3.05, 3.63) is 107 Å². The number of halogens is 2. The van der Waals surface area contributed by atoms with Crippen molar-refractivity contribution in [1.29, 1.82) is 0 Å². The number of pyridine rings is 2. The Morgan fingerprint density at radius 1 is 0.918 bits per heavy atom. The third kappa shape index (κ3) is 6.98. The van der Waals surface area contributed by atoms with E-state index < -0.39 is 11.6 Å². The minimum Gasteiger partial charge on any atom is -0.493 e. The lowest BCUT2D eigenvalue weighted by Crippen LogP contribution is -2.37. The molecule has 7 rings (SSSR count). The molecule has 13 heteroatoms. The molecule has 3 aromatic carbocycles. The van der Waals surface area contributed by atoms with E-state index in [-0.39, 0.29) is 28.4 Å². The maximum atomic E-state index is 15.5. The first-order valence-electron chi connectivity index (χ1n) is 15.7. The Hall–Kier alpha value is -5.66. The van der Waals surface area contributed by atoms with E-state index in [4.69, 9.17) is 18.9 Å². The average molecular weight is 667 g/mol. The second-order valence-corrected chi connectivity index (χ2v) is 11.3. The molecule has 0 bridgehead atoms. The van der Waals surface area contributed by atoms with Crippen LogP contribution in [0.4, 0.5) is 20.3 Å². The van der Waals surface area contributed by atoms with Gasteiger partial charge in [0.15, 0.2) is 23.1 Å². The summed E-state index contributed by atoms with van der Waals surface area (Å²) in [7, 11) is 1.56. The molecule has 11 nitrogen and oxygen atoms in total. The summed E-state index contributed by atoms with van der Waals surface area (Å²) < 4.78 is 53.4. The topological polar surface area (TPSA) is 113 Å². The number of nitrogens with zero attached hydrogens (tertiary/aromatic N) is 5. The normalized spacial score (nSPS) is 13.4. The van der Waals surface area contributed by atoms with E-state index in [1.165, 1.54) is 47.3 Å². The number of hydrogen-bond donors (Lipinski definition) is 1. The minimum atomic E-state index is -0.672. The molecule has 1 N–H and O–H groups in total. The van der Waals surface area contributed by atoms with Crippen LogP contribution < -0.4 is 25.1 Å². The number of fused-ring (bicyclic) bond motifs is 2. The fraction of sp³-hybridized carbons (Fsp3) is 0.222. The van der Waals surface area contributed by atoms with Gasteiger partial charge in [-0.15, -0.1) is 0 Å². The molecule has 4 heterocycles. The minimum absolute atomic E-state index is 0.0705. The van der Waals surface area contributed by atoms with Crippen LogP contribution in [0.1, 0.15) is 6.42 Å². The van der Waals surface area contributed by atoms with E-state index in [0.717, 1.165) is 39.3 Å². The Labute approximate surface area is 279 Å². The molecule has 1 aliphatic heterocycles. The molecule has 0 saturated carbocycles. The lowest BCUT2D eigenvalue weighted by Gasteiger charge is -2.26. The highest BCUT2D eigenvalue weighted by atomic mass is 19.1. The number of ether oxygens (including phenoxy) is 4. The largest absolute Gasteiger partial charge is 0.493 e. The van der Waals surface area contributed by atoms with Crippen molar-refractivity contribution in [3.63, 3.8) is 0 Å². The van der Waals surface area contributed by atoms with Gasteiger partial charge in [-0.2, -0.15) is 0 Å². The summed E-state index contributed by atoms with van der Waals surface area (Å²) in [5.41, 5.74) is 1.00. The molecule has 6 aromatic rings. The fourth-order valence-electron chi connectivity index (χ4n) is 5.67. The molecular formula is C36H32F2N6O5. The van der Waals surface area contributed by atoms with Crippen LogP contribution >= 0.6 is 0 Å². The van der Waals surface area contributed by atoms with Crippen LogP contribution in [-0.2, 0) is 4.74 Å². The van der Waals surface area contributed by atoms with Crippen molar-refractivity contribution in [1.82, 2.24) is 24.4 Å². The predicted molar refractivity (Wildman–Crippen MR) is 181 cm³/mol. The van der Waals surface area contributed by atoms with Crippen molar-refractivity contribution < 1.29 is 27.7 Å². The molecule has 0 amide bonds. The molecule has 0 unspecified atom stereocenters. The number of anilines is 2. The summed E-state index contributed by atoms with van der Waals surface area (Å²) in [6, 6.07) is 16.8. The zero-order chi connectivity index (χ0) is 33.7. The van der Waals surface area contributed by atoms with E-state index in [1.807, 2.05) is 0 Å². The molecule has 3 aromatic heterocycles. The molecule has 1 aliphatic rings. The lowest BCUT2D eigenvalue weighted by molar-refractivity contribution is 0.0357. The quantitative estimate of drug-likeness (QED) is 0.159. The molecule has 1 saturated heterocycles. The van der Waals surface area contributed by atoms with Crippen molar-refractivity contribution >= 4 is 33.2 Å². The molecule has 49 heavy (non-hydrogen) atoms. The van der Waals surface area contributed by atoms with Gasteiger partial charge in [-0.3, -0.25) is 14.3 Å². The third-order valence-electron chi connectivity index (χ3n) is 8.19. The number of rotatable bonds is 11. The number of aromatic nitrogens is 4. The zero-order valence-corrected chi connectivity index (χ0v) is 26.6. The third-order valence-corrected chi connectivity index (χ3v) is 8.19. The molecule has 0 aliphatic carbocycles. The van der Waals surface area contributed by atoms with Crippen molar-refractivity contribution in [2.75, 3.05) is 51.9 Å². The molecule has 0 radical (unpaired) electrons. The monoisotopic (exact) mass is 666 g/mol. The highest BCUT2D eigenvalue weighted by Gasteiger charge is 2.17. The van der Waals surface area contributed by atoms with Gasteiger partial charge >= 0.3 is 0 Å². The number of morpholine rings is 1. The highest BCUT2D eigenvalue weighted by molar-refractivity contribution is 5.92. The van der Waals surface area contributed by atoms with Gasteiger partial charge in [0.25, 0.3) is 5.56 Å². The van der Waals surface area contributed by atoms with Crippen LogP contribution in [0, 0.1) is 11.6 Å². The standard InChI is InChI=1S/C36H32F2N6O5/c1-46-31-21-29-27(20-32(31)48-16-2-12-43-14-17-47-18-15-43)35(41-22-40-29)49-30-8-5-25(19-28(30)38)42-34-33-23(9-11-39-34)10-13-44(36(33)45)26-6-3-24(37)4-7-26/h3-11,13,19-22H,2,12,14-18H2,1H3,(H,39,42). The number of benzene rings is 3. The van der Waals surface area contributed by atoms with Gasteiger partial charge in [-0.1, -0.05) is 0 Å². The van der Waals surface area contributed by atoms with Gasteiger partial charge in [-0.05, 0) is 66.4 Å². The second kappa shape index (κ2) is 14.2. The van der Waals surface area contributed by atoms with Crippen LogP contribution in [-0.4, -0.2) is 71.0 Å². The van der Waals surface area contributed by atoms with Gasteiger partial charge in [0, 0.05) is 55.5 Å². The summed E-state index contributed by atoms with van der Waals surface area (Å²) in [5, 5.41) is 4.50. The zero-order valence-electron chi connectivity index (χ0n) is 26.6. The van der Waals surface area contributed by atoms with E-state index in [9.17, 15) is 9.18 Å². The van der Waals surface area contributed by atoms with Crippen molar-refractivity contribution in [2.24, 2.45) is 0 Å². The molecule has 0 spiro atoms. The van der Waals surface area contributed by atoms with Crippen molar-refractivity contribution in [3.8, 4) is 28.8 Å². The van der Waals surface area contributed by atoms with Crippen LogP contribution in [0.25, 0.3) is 27.4 Å². The molecular weight excluding hydrogens is 634 g/mol. The van der Waals surface area contributed by atoms with Gasteiger partial charge < -0.3 is 24.3 Å². The Morgan fingerprint density at radius 3 is 2.55 bits per heavy atom. The Balaban J connectivity index is 1.11. The van der Waals surface area contributed by atoms with Gasteiger partial charge in [0.2, 0.25) is 5.88 Å². The van der Waals surface area contributed by atoms with Crippen LogP contribution in [0.5, 0.6) is 23.1 Å². The molecule has 250 valence electrons. The summed E-state index contributed by atoms with van der Waals surface area (Å²) in [6.45, 7) is 4.66. The highest BCUT2D eigenvalue weighted by Crippen LogP contribution is 2.37. The summed E-state index contributed by atoms with van der Waals surface area (Å²) >= 11 is 0. The maximum absolute atomic E-state index is 15.5. The van der Waals surface area contributed by atoms with Gasteiger partial charge in [0.1, 0.15) is 18.0 Å². The first-order chi connectivity index (χ1) is 24.0. The number of nitrogens with one attached hydrogen (secondary N) is 1. The Morgan fingerprint density at radius 2 is 1.76 bits per heavy atom. The predicted octanol–water partition coefficient (Wildman–Crippen LogP) is 6.25. The fourth-order valence-corrected chi connectivity index (χ4v) is 5.67. The van der Waals surface area contributed by atoms with E-state index >= 15 is 4.39 Å². The van der Waals surface area contributed by atoms with Crippen molar-refractivity contribution in [2.45, 2.75) is 6.42 Å². The SMILES string of the molecule is COc1cc2ncnc(Oc3ccc(Nc4nccc5ccn(-c6ccc(F)cc6)c(=O)c45)cc3F)c2cc1OCCCN1CCOCC1. The van der Waals surface area contributed by atoms with Gasteiger partial charge in [-0.25, -0.2) is 23.7 Å². The Kier molecular flexibility index (Phi) is 9.26. The first kappa shape index (κ1) is 31.9. The smallest absolute Gasteiger partial charge is 0.266 e. The average Bonchev–Trinajstić information content (AvgIpc) is 3.12. The van der Waals surface area contributed by atoms with Crippen LogP contribution in [0.15, 0.2) is 90.2 Å². The second-order valence-electron chi connectivity index (χ2n) is 11.3. The molecule has 1 fully saturated rings. The van der Waals surface area contributed by atoms with E-state index in [0.29, 0.717) is 45.8 Å². The van der Waals surface area contributed by atoms with Gasteiger partial charge in [0.05, 0.1) is 43.2 Å². The van der Waals surface area contributed by atoms with E-state index in [2.05, 4.69) is 25.2 Å². The number of methoxy groups -OCH3 is 1. The lowest BCUT2D eigenvalue weighted by atomic mass is 10.2. The Bertz CT molecular complexity index is 2170. The summed E-state index contributed by atoms with van der Waals surface area (Å²) in [4.78, 5) is 28.8. The van der Waals surface area contributed by atoms with E-state index in [1.54, 1.807) is 49.8 Å². The van der Waals surface area contributed by atoms with Crippen LogP contribution in [0.2, 0.25) is 0 Å². The summed E-state index contributed by atoms with van der Waals surface area (Å²) in [6.07, 6.45) is 5.32.